The van der Waals surface area contributed by atoms with E-state index in [1.54, 1.807) is 48.2 Å². The van der Waals surface area contributed by atoms with Gasteiger partial charge in [0, 0.05) is 20.1 Å². The predicted octanol–water partition coefficient (Wildman–Crippen LogP) is 3.33. The van der Waals surface area contributed by atoms with Crippen LogP contribution >= 0.6 is 11.3 Å². The Morgan fingerprint density at radius 1 is 1.12 bits per heavy atom. The summed E-state index contributed by atoms with van der Waals surface area (Å²) in [7, 11) is -1.88. The summed E-state index contributed by atoms with van der Waals surface area (Å²) in [6.45, 7) is 5.65. The zero-order valence-electron chi connectivity index (χ0n) is 18.8. The van der Waals surface area contributed by atoms with Crippen molar-refractivity contribution in [3.63, 3.8) is 0 Å². The van der Waals surface area contributed by atoms with Crippen LogP contribution < -0.4 is 10.0 Å². The lowest BCUT2D eigenvalue weighted by Crippen LogP contribution is -2.35. The minimum atomic E-state index is -3.67. The van der Waals surface area contributed by atoms with Gasteiger partial charge in [0.1, 0.15) is 0 Å². The first kappa shape index (κ1) is 23.1. The fraction of sp³-hybridized carbons (Fsp3) is 0.261. The molecule has 2 N–H and O–H groups in total. The number of carbonyl (C=O) groups is 1. The molecular weight excluding hydrogens is 458 g/mol. The number of benzene rings is 1. The molecule has 33 heavy (non-hydrogen) atoms. The molecule has 0 saturated carbocycles. The first-order valence-corrected chi connectivity index (χ1v) is 12.8. The van der Waals surface area contributed by atoms with Gasteiger partial charge in [0.25, 0.3) is 5.91 Å². The fourth-order valence-electron chi connectivity index (χ4n) is 3.71. The monoisotopic (exact) mass is 483 g/mol. The van der Waals surface area contributed by atoms with E-state index in [0.29, 0.717) is 33.5 Å². The van der Waals surface area contributed by atoms with Crippen LogP contribution in [0.3, 0.4) is 0 Å². The van der Waals surface area contributed by atoms with Crippen molar-refractivity contribution in [2.45, 2.75) is 25.7 Å². The van der Waals surface area contributed by atoms with Crippen molar-refractivity contribution < 1.29 is 13.2 Å². The fourth-order valence-corrected chi connectivity index (χ4v) is 5.75. The zero-order valence-corrected chi connectivity index (χ0v) is 20.5. The summed E-state index contributed by atoms with van der Waals surface area (Å²) in [6, 6.07) is 10.9. The molecule has 0 aliphatic rings. The molecule has 8 nitrogen and oxygen atoms in total. The molecule has 3 aromatic heterocycles. The Labute approximate surface area is 196 Å². The predicted molar refractivity (Wildman–Crippen MR) is 130 cm³/mol. The van der Waals surface area contributed by atoms with Gasteiger partial charge in [0.2, 0.25) is 10.0 Å². The van der Waals surface area contributed by atoms with E-state index >= 15 is 0 Å². The number of carbonyl (C=O) groups excluding carboxylic acids is 1. The van der Waals surface area contributed by atoms with Crippen LogP contribution in [0.4, 0.5) is 0 Å². The number of rotatable bonds is 7. The minimum Gasteiger partial charge on any atom is -0.351 e. The maximum Gasteiger partial charge on any atom is 0.252 e. The SMILES string of the molecule is Cc1ccc(C)c(S(=O)(=O)NCCNC(=O)c2cc(-c3cccs3)nc3c2c(C)nn3C)c1. The number of thiophene rings is 1. The van der Waals surface area contributed by atoms with Crippen molar-refractivity contribution in [1.29, 1.82) is 0 Å². The largest absolute Gasteiger partial charge is 0.351 e. The molecular formula is C23H25N5O3S2. The van der Waals surface area contributed by atoms with Crippen LogP contribution in [0.5, 0.6) is 0 Å². The topological polar surface area (TPSA) is 106 Å². The third-order valence-corrected chi connectivity index (χ3v) is 7.82. The van der Waals surface area contributed by atoms with Crippen molar-refractivity contribution in [3.05, 3.63) is 64.2 Å². The number of nitrogens with zero attached hydrogens (tertiary/aromatic N) is 3. The number of pyridine rings is 1. The highest BCUT2D eigenvalue weighted by atomic mass is 32.2. The molecule has 0 saturated heterocycles. The zero-order chi connectivity index (χ0) is 23.8. The van der Waals surface area contributed by atoms with E-state index in [4.69, 9.17) is 4.98 Å². The van der Waals surface area contributed by atoms with Gasteiger partial charge in [-0.25, -0.2) is 18.1 Å². The number of sulfonamides is 1. The molecule has 4 rings (SSSR count). The molecule has 0 aliphatic heterocycles. The Bertz CT molecular complexity index is 1440. The molecule has 10 heteroatoms. The molecule has 0 spiro atoms. The van der Waals surface area contributed by atoms with Gasteiger partial charge >= 0.3 is 0 Å². The van der Waals surface area contributed by atoms with E-state index in [0.717, 1.165) is 10.4 Å². The molecule has 4 aromatic rings. The quantitative estimate of drug-likeness (QED) is 0.392. The van der Waals surface area contributed by atoms with E-state index in [1.807, 2.05) is 37.4 Å². The van der Waals surface area contributed by atoms with Crippen molar-refractivity contribution in [1.82, 2.24) is 24.8 Å². The third-order valence-electron chi connectivity index (χ3n) is 5.32. The van der Waals surface area contributed by atoms with Crippen LogP contribution in [-0.2, 0) is 17.1 Å². The number of amides is 1. The van der Waals surface area contributed by atoms with Gasteiger partial charge in [-0.1, -0.05) is 18.2 Å². The number of hydrogen-bond acceptors (Lipinski definition) is 6. The second kappa shape index (κ2) is 9.05. The van der Waals surface area contributed by atoms with Gasteiger partial charge in [0.15, 0.2) is 5.65 Å². The standard InChI is InChI=1S/C23H25N5O3S2/c1-14-7-8-15(2)20(12-14)33(30,31)25-10-9-24-23(29)17-13-18(19-6-5-11-32-19)26-22-21(17)16(3)27-28(22)4/h5-8,11-13,25H,9-10H2,1-4H3,(H,24,29). The van der Waals surface area contributed by atoms with Crippen LogP contribution in [0.2, 0.25) is 0 Å². The molecule has 0 fully saturated rings. The average Bonchev–Trinajstić information content (AvgIpc) is 3.41. The molecule has 0 aliphatic carbocycles. The summed E-state index contributed by atoms with van der Waals surface area (Å²) < 4.78 is 29.6. The molecule has 1 aromatic carbocycles. The maximum absolute atomic E-state index is 13.1. The highest BCUT2D eigenvalue weighted by Gasteiger charge is 2.20. The summed E-state index contributed by atoms with van der Waals surface area (Å²) in [6.07, 6.45) is 0. The third kappa shape index (κ3) is 4.68. The highest BCUT2D eigenvalue weighted by Crippen LogP contribution is 2.29. The van der Waals surface area contributed by atoms with E-state index < -0.39 is 10.0 Å². The molecule has 0 unspecified atom stereocenters. The van der Waals surface area contributed by atoms with Gasteiger partial charge in [-0.2, -0.15) is 5.10 Å². The van der Waals surface area contributed by atoms with Crippen molar-refractivity contribution in [3.8, 4) is 10.6 Å². The number of aromatic nitrogens is 3. The maximum atomic E-state index is 13.1. The van der Waals surface area contributed by atoms with Crippen LogP contribution in [0.25, 0.3) is 21.6 Å². The van der Waals surface area contributed by atoms with Crippen LogP contribution in [0.1, 0.15) is 27.2 Å². The minimum absolute atomic E-state index is 0.0689. The molecule has 3 heterocycles. The molecule has 0 atom stereocenters. The van der Waals surface area contributed by atoms with Crippen molar-refractivity contribution >= 4 is 38.3 Å². The van der Waals surface area contributed by atoms with Gasteiger partial charge in [-0.3, -0.25) is 9.48 Å². The average molecular weight is 484 g/mol. The Morgan fingerprint density at radius 2 is 1.91 bits per heavy atom. The van der Waals surface area contributed by atoms with Gasteiger partial charge in [-0.15, -0.1) is 11.3 Å². The van der Waals surface area contributed by atoms with Crippen molar-refractivity contribution in [2.75, 3.05) is 13.1 Å². The lowest BCUT2D eigenvalue weighted by atomic mass is 10.1. The second-order valence-electron chi connectivity index (χ2n) is 7.86. The van der Waals surface area contributed by atoms with Gasteiger partial charge < -0.3 is 5.32 Å². The summed E-state index contributed by atoms with van der Waals surface area (Å²) in [4.78, 5) is 19.0. The van der Waals surface area contributed by atoms with Crippen LogP contribution in [0, 0.1) is 20.8 Å². The van der Waals surface area contributed by atoms with Gasteiger partial charge in [-0.05, 0) is 55.5 Å². The van der Waals surface area contributed by atoms with Crippen LogP contribution in [0.15, 0.2) is 46.7 Å². The molecule has 0 bridgehead atoms. The number of nitrogens with one attached hydrogen (secondary N) is 2. The Hall–Kier alpha value is -3.08. The Kier molecular flexibility index (Phi) is 6.33. The summed E-state index contributed by atoms with van der Waals surface area (Å²) in [5.74, 6) is -0.303. The second-order valence-corrected chi connectivity index (χ2v) is 10.5. The molecule has 172 valence electrons. The summed E-state index contributed by atoms with van der Waals surface area (Å²) in [5, 5.41) is 9.88. The number of hydrogen-bond donors (Lipinski definition) is 2. The number of aryl methyl sites for hydroxylation is 4. The first-order chi connectivity index (χ1) is 15.7. The van der Waals surface area contributed by atoms with E-state index in [2.05, 4.69) is 15.1 Å². The van der Waals surface area contributed by atoms with Gasteiger partial charge in [0.05, 0.1) is 32.1 Å². The summed E-state index contributed by atoms with van der Waals surface area (Å²) in [5.41, 5.74) is 4.03. The smallest absolute Gasteiger partial charge is 0.252 e. The van der Waals surface area contributed by atoms with Crippen LogP contribution in [-0.4, -0.2) is 42.2 Å². The van der Waals surface area contributed by atoms with E-state index in [-0.39, 0.29) is 23.9 Å². The van der Waals surface area contributed by atoms with E-state index in [9.17, 15) is 13.2 Å². The molecule has 1 amide bonds. The highest BCUT2D eigenvalue weighted by molar-refractivity contribution is 7.89. The number of fused-ring (bicyclic) bond motifs is 1. The lowest BCUT2D eigenvalue weighted by molar-refractivity contribution is 0.0956. The first-order valence-electron chi connectivity index (χ1n) is 10.4. The normalized spacial score (nSPS) is 11.8. The van der Waals surface area contributed by atoms with E-state index in [1.165, 1.54) is 0 Å². The Balaban J connectivity index is 1.52. The lowest BCUT2D eigenvalue weighted by Gasteiger charge is -2.11. The summed E-state index contributed by atoms with van der Waals surface area (Å²) >= 11 is 1.54. The Morgan fingerprint density at radius 3 is 2.64 bits per heavy atom. The molecule has 0 radical (unpaired) electrons. The van der Waals surface area contributed by atoms with Crippen molar-refractivity contribution in [2.24, 2.45) is 7.05 Å².